The molecule has 2 aromatic rings. The largest absolute Gasteiger partial charge is 0.326 e. The van der Waals surface area contributed by atoms with Crippen LogP contribution in [0.5, 0.6) is 0 Å². The van der Waals surface area contributed by atoms with E-state index < -0.39 is 9.84 Å². The summed E-state index contributed by atoms with van der Waals surface area (Å²) in [7, 11) is -2.99. The van der Waals surface area contributed by atoms with E-state index in [9.17, 15) is 13.2 Å². The zero-order valence-corrected chi connectivity index (χ0v) is 16.6. The van der Waals surface area contributed by atoms with Crippen molar-refractivity contribution in [1.29, 1.82) is 0 Å². The van der Waals surface area contributed by atoms with E-state index in [4.69, 9.17) is 11.6 Å². The molecule has 1 fully saturated rings. The highest BCUT2D eigenvalue weighted by Gasteiger charge is 2.31. The Kier molecular flexibility index (Phi) is 5.12. The second-order valence-electron chi connectivity index (χ2n) is 6.83. The van der Waals surface area contributed by atoms with Crippen LogP contribution < -0.4 is 5.32 Å². The van der Waals surface area contributed by atoms with Crippen LogP contribution in [0.25, 0.3) is 0 Å². The molecule has 0 spiro atoms. The van der Waals surface area contributed by atoms with Gasteiger partial charge in [-0.15, -0.1) is 0 Å². The predicted molar refractivity (Wildman–Crippen MR) is 103 cm³/mol. The number of nitrogens with one attached hydrogen (secondary N) is 1. The normalized spacial score (nSPS) is 18.8. The molecule has 140 valence electrons. The van der Waals surface area contributed by atoms with Gasteiger partial charge >= 0.3 is 0 Å². The Bertz CT molecular complexity index is 966. The van der Waals surface area contributed by atoms with Crippen molar-refractivity contribution in [2.75, 3.05) is 16.8 Å². The number of anilines is 1. The van der Waals surface area contributed by atoms with E-state index >= 15 is 0 Å². The highest BCUT2D eigenvalue weighted by atomic mass is 35.5. The molecule has 0 aliphatic carbocycles. The molecule has 1 unspecified atom stereocenters. The van der Waals surface area contributed by atoms with Gasteiger partial charge in [-0.05, 0) is 44.9 Å². The van der Waals surface area contributed by atoms with Gasteiger partial charge in [-0.2, -0.15) is 5.10 Å². The van der Waals surface area contributed by atoms with Gasteiger partial charge in [0.05, 0.1) is 29.7 Å². The Morgan fingerprint density at radius 2 is 2.08 bits per heavy atom. The van der Waals surface area contributed by atoms with Gasteiger partial charge in [0.1, 0.15) is 0 Å². The number of amides is 1. The number of nitrogens with zero attached hydrogens (tertiary/aromatic N) is 2. The van der Waals surface area contributed by atoms with Crippen LogP contribution in [0.1, 0.15) is 35.0 Å². The summed E-state index contributed by atoms with van der Waals surface area (Å²) in [6.07, 6.45) is 0.751. The number of aromatic nitrogens is 2. The molecule has 1 aliphatic heterocycles. The second kappa shape index (κ2) is 7.04. The van der Waals surface area contributed by atoms with Gasteiger partial charge in [0.25, 0.3) is 0 Å². The molecule has 1 aromatic heterocycles. The number of carbonyl (C=O) groups is 1. The number of carbonyl (C=O) groups excluding carboxylic acids is 1. The Labute approximate surface area is 158 Å². The predicted octanol–water partition coefficient (Wildman–Crippen LogP) is 3.00. The summed E-state index contributed by atoms with van der Waals surface area (Å²) < 4.78 is 25.3. The fraction of sp³-hybridized carbons (Fsp3) is 0.444. The summed E-state index contributed by atoms with van der Waals surface area (Å²) in [5, 5.41) is 7.95. The summed E-state index contributed by atoms with van der Waals surface area (Å²) in [4.78, 5) is 12.5. The molecule has 0 saturated carbocycles. The molecular weight excluding hydrogens is 374 g/mol. The molecule has 0 radical (unpaired) electrons. The van der Waals surface area contributed by atoms with Crippen molar-refractivity contribution in [2.24, 2.45) is 0 Å². The van der Waals surface area contributed by atoms with E-state index in [2.05, 4.69) is 10.4 Å². The molecule has 1 amide bonds. The second-order valence-corrected chi connectivity index (χ2v) is 9.50. The molecule has 6 nitrogen and oxygen atoms in total. The van der Waals surface area contributed by atoms with E-state index in [-0.39, 0.29) is 29.9 Å². The maximum atomic E-state index is 12.5. The zero-order valence-electron chi connectivity index (χ0n) is 15.0. The first-order valence-electron chi connectivity index (χ1n) is 8.47. The monoisotopic (exact) mass is 395 g/mol. The van der Waals surface area contributed by atoms with Gasteiger partial charge in [0.2, 0.25) is 5.91 Å². The summed E-state index contributed by atoms with van der Waals surface area (Å²) in [6.45, 7) is 5.64. The van der Waals surface area contributed by atoms with Crippen LogP contribution in [0.4, 0.5) is 5.69 Å². The number of hydrogen-bond donors (Lipinski definition) is 1. The van der Waals surface area contributed by atoms with E-state index in [1.807, 2.05) is 26.8 Å². The smallest absolute Gasteiger partial charge is 0.228 e. The summed E-state index contributed by atoms with van der Waals surface area (Å²) in [5.74, 6) is 0.155. The van der Waals surface area contributed by atoms with Gasteiger partial charge in [0, 0.05) is 22.0 Å². The Morgan fingerprint density at radius 1 is 1.35 bits per heavy atom. The molecule has 3 rings (SSSR count). The lowest BCUT2D eigenvalue weighted by molar-refractivity contribution is -0.115. The molecule has 26 heavy (non-hydrogen) atoms. The van der Waals surface area contributed by atoms with Gasteiger partial charge in [-0.1, -0.05) is 17.7 Å². The molecule has 1 aliphatic rings. The van der Waals surface area contributed by atoms with Crippen LogP contribution in [-0.2, 0) is 21.1 Å². The lowest BCUT2D eigenvalue weighted by Gasteiger charge is -2.12. The summed E-state index contributed by atoms with van der Waals surface area (Å²) in [6, 6.07) is 5.21. The van der Waals surface area contributed by atoms with Crippen LogP contribution in [0.3, 0.4) is 0 Å². The number of hydrogen-bond acceptors (Lipinski definition) is 4. The van der Waals surface area contributed by atoms with Gasteiger partial charge in [-0.3, -0.25) is 9.48 Å². The van der Waals surface area contributed by atoms with Crippen molar-refractivity contribution in [3.63, 3.8) is 0 Å². The Hall–Kier alpha value is -1.86. The third-order valence-electron chi connectivity index (χ3n) is 4.84. The third kappa shape index (κ3) is 3.94. The highest BCUT2D eigenvalue weighted by Crippen LogP contribution is 2.27. The number of rotatable bonds is 4. The Morgan fingerprint density at radius 3 is 2.73 bits per heavy atom. The minimum Gasteiger partial charge on any atom is -0.326 e. The van der Waals surface area contributed by atoms with E-state index in [0.29, 0.717) is 17.1 Å². The van der Waals surface area contributed by atoms with Gasteiger partial charge in [0.15, 0.2) is 9.84 Å². The average Bonchev–Trinajstić information content (AvgIpc) is 3.04. The number of halogens is 1. The highest BCUT2D eigenvalue weighted by molar-refractivity contribution is 7.91. The van der Waals surface area contributed by atoms with Crippen LogP contribution in [0, 0.1) is 20.8 Å². The number of sulfone groups is 1. The molecule has 0 bridgehead atoms. The fourth-order valence-electron chi connectivity index (χ4n) is 3.36. The van der Waals surface area contributed by atoms with E-state index in [1.54, 1.807) is 16.8 Å². The SMILES string of the molecule is Cc1ccc(Cl)cc1NC(=O)Cc1c(C)nn(C2CCS(=O)(=O)C2)c1C. The third-order valence-corrected chi connectivity index (χ3v) is 6.83. The van der Waals surface area contributed by atoms with E-state index in [0.717, 1.165) is 22.5 Å². The molecule has 1 saturated heterocycles. The zero-order chi connectivity index (χ0) is 19.1. The first-order chi connectivity index (χ1) is 12.2. The molecule has 1 N–H and O–H groups in total. The van der Waals surface area contributed by atoms with E-state index in [1.165, 1.54) is 0 Å². The van der Waals surface area contributed by atoms with Crippen molar-refractivity contribution in [3.8, 4) is 0 Å². The summed E-state index contributed by atoms with van der Waals surface area (Å²) >= 11 is 6.00. The molecule has 8 heteroatoms. The van der Waals surface area contributed by atoms with Crippen molar-refractivity contribution < 1.29 is 13.2 Å². The van der Waals surface area contributed by atoms with Crippen molar-refractivity contribution in [2.45, 2.75) is 39.7 Å². The topological polar surface area (TPSA) is 81.1 Å². The minimum absolute atomic E-state index is 0.113. The summed E-state index contributed by atoms with van der Waals surface area (Å²) in [5.41, 5.74) is 4.06. The lowest BCUT2D eigenvalue weighted by Crippen LogP contribution is -2.17. The van der Waals surface area contributed by atoms with Crippen LogP contribution >= 0.6 is 11.6 Å². The van der Waals surface area contributed by atoms with Crippen LogP contribution in [0.15, 0.2) is 18.2 Å². The minimum atomic E-state index is -2.99. The van der Waals surface area contributed by atoms with Crippen molar-refractivity contribution >= 4 is 33.0 Å². The maximum absolute atomic E-state index is 12.5. The van der Waals surface area contributed by atoms with Crippen molar-refractivity contribution in [3.05, 3.63) is 45.7 Å². The van der Waals surface area contributed by atoms with Gasteiger partial charge < -0.3 is 5.32 Å². The van der Waals surface area contributed by atoms with Crippen LogP contribution in [-0.4, -0.2) is 35.6 Å². The van der Waals surface area contributed by atoms with Crippen molar-refractivity contribution in [1.82, 2.24) is 9.78 Å². The molecule has 2 heterocycles. The maximum Gasteiger partial charge on any atom is 0.228 e. The lowest BCUT2D eigenvalue weighted by atomic mass is 10.1. The number of aryl methyl sites for hydroxylation is 2. The first kappa shape index (κ1) is 18.9. The average molecular weight is 396 g/mol. The van der Waals surface area contributed by atoms with Gasteiger partial charge in [-0.25, -0.2) is 8.42 Å². The molecule has 1 atom stereocenters. The quantitative estimate of drug-likeness (QED) is 0.862. The fourth-order valence-corrected chi connectivity index (χ4v) is 5.22. The first-order valence-corrected chi connectivity index (χ1v) is 10.7. The number of benzene rings is 1. The molecular formula is C18H22ClN3O3S. The van der Waals surface area contributed by atoms with Crippen LogP contribution in [0.2, 0.25) is 5.02 Å². The Balaban J connectivity index is 1.78. The molecule has 1 aromatic carbocycles. The standard InChI is InChI=1S/C18H22ClN3O3S/c1-11-4-5-14(19)8-17(11)20-18(23)9-16-12(2)21-22(13(16)3)15-6-7-26(24,25)10-15/h4-5,8,15H,6-7,9-10H2,1-3H3,(H,20,23).